The summed E-state index contributed by atoms with van der Waals surface area (Å²) in [5.74, 6) is 0. The second-order valence-electron chi connectivity index (χ2n) is 9.27. The Hall–Kier alpha value is -3.64. The maximum atomic E-state index is 2.38. The first-order chi connectivity index (χ1) is 15.8. The van der Waals surface area contributed by atoms with Crippen molar-refractivity contribution >= 4 is 5.57 Å². The number of hydrogen-bond donors (Lipinski definition) is 0. The molecule has 3 aliphatic rings. The molecule has 4 aromatic rings. The monoisotopic (exact) mass is 408 g/mol. The lowest BCUT2D eigenvalue weighted by atomic mass is 9.66. The third-order valence-corrected chi connectivity index (χ3v) is 7.67. The minimum atomic E-state index is -0.204. The van der Waals surface area contributed by atoms with Crippen LogP contribution in [0, 0.1) is 6.92 Å². The Bertz CT molecular complexity index is 1410. The molecule has 4 aromatic carbocycles. The minimum absolute atomic E-state index is 0.204. The SMILES string of the molecule is Cc1ccc(-c2cccc3c2C2(C4=C3C=CCC4)c3ccccc3-c3ccccc32)cc1. The lowest BCUT2D eigenvalue weighted by Crippen LogP contribution is -2.28. The summed E-state index contributed by atoms with van der Waals surface area (Å²) in [6, 6.07) is 34.2. The molecule has 0 nitrogen and oxygen atoms in total. The number of allylic oxidation sites excluding steroid dienone is 4. The molecule has 0 saturated heterocycles. The van der Waals surface area contributed by atoms with E-state index in [1.54, 1.807) is 5.57 Å². The smallest absolute Gasteiger partial charge is 0.0694 e. The lowest BCUT2D eigenvalue weighted by Gasteiger charge is -2.34. The van der Waals surface area contributed by atoms with Crippen LogP contribution in [0.1, 0.15) is 40.7 Å². The standard InChI is InChI=1S/C32H24/c1-21-17-19-22(20-18-21)23-12-8-13-27-26-11-4-7-16-30(26)32(31(23)27)28-14-5-2-9-24(28)25-10-3-6-15-29(25)32/h2-6,8-15,17-20H,7,16H2,1H3. The molecule has 0 saturated carbocycles. The number of rotatable bonds is 1. The number of aryl methyl sites for hydroxylation is 1. The van der Waals surface area contributed by atoms with Gasteiger partial charge in [0.2, 0.25) is 0 Å². The third-order valence-electron chi connectivity index (χ3n) is 7.67. The van der Waals surface area contributed by atoms with E-state index in [9.17, 15) is 0 Å². The van der Waals surface area contributed by atoms with E-state index in [4.69, 9.17) is 0 Å². The Morgan fingerprint density at radius 2 is 1.25 bits per heavy atom. The second-order valence-corrected chi connectivity index (χ2v) is 9.27. The fourth-order valence-corrected chi connectivity index (χ4v) is 6.44. The van der Waals surface area contributed by atoms with E-state index < -0.39 is 0 Å². The molecule has 0 N–H and O–H groups in total. The van der Waals surface area contributed by atoms with E-state index in [0.29, 0.717) is 0 Å². The van der Waals surface area contributed by atoms with Crippen LogP contribution in [0.25, 0.3) is 27.8 Å². The van der Waals surface area contributed by atoms with Crippen LogP contribution in [0.2, 0.25) is 0 Å². The van der Waals surface area contributed by atoms with Crippen molar-refractivity contribution < 1.29 is 0 Å². The highest BCUT2D eigenvalue weighted by Crippen LogP contribution is 2.64. The summed E-state index contributed by atoms with van der Waals surface area (Å²) >= 11 is 0. The Morgan fingerprint density at radius 3 is 1.97 bits per heavy atom. The van der Waals surface area contributed by atoms with Crippen LogP contribution in [-0.2, 0) is 5.41 Å². The van der Waals surface area contributed by atoms with E-state index in [0.717, 1.165) is 12.8 Å². The average Bonchev–Trinajstić information content (AvgIpc) is 3.32. The van der Waals surface area contributed by atoms with Gasteiger partial charge < -0.3 is 0 Å². The fourth-order valence-electron chi connectivity index (χ4n) is 6.44. The van der Waals surface area contributed by atoms with Crippen molar-refractivity contribution in [3.8, 4) is 22.3 Å². The molecule has 0 bridgehead atoms. The number of hydrogen-bond acceptors (Lipinski definition) is 0. The third kappa shape index (κ3) is 2.12. The van der Waals surface area contributed by atoms with Crippen molar-refractivity contribution in [1.29, 1.82) is 0 Å². The molecule has 3 aliphatic carbocycles. The molecule has 0 atom stereocenters. The molecule has 0 heteroatoms. The highest BCUT2D eigenvalue weighted by molar-refractivity contribution is 6.00. The molecule has 1 spiro atoms. The zero-order valence-electron chi connectivity index (χ0n) is 18.2. The van der Waals surface area contributed by atoms with E-state index in [1.165, 1.54) is 55.6 Å². The van der Waals surface area contributed by atoms with Gasteiger partial charge in [-0.3, -0.25) is 0 Å². The quantitative estimate of drug-likeness (QED) is 0.298. The van der Waals surface area contributed by atoms with Crippen LogP contribution in [0.3, 0.4) is 0 Å². The molecule has 0 heterocycles. The molecule has 0 amide bonds. The van der Waals surface area contributed by atoms with Crippen molar-refractivity contribution in [2.24, 2.45) is 0 Å². The van der Waals surface area contributed by atoms with Gasteiger partial charge in [-0.15, -0.1) is 0 Å². The van der Waals surface area contributed by atoms with Gasteiger partial charge in [0.1, 0.15) is 0 Å². The molecule has 152 valence electrons. The summed E-state index contributed by atoms with van der Waals surface area (Å²) < 4.78 is 0. The average molecular weight is 409 g/mol. The number of fused-ring (bicyclic) bond motifs is 9. The Labute approximate surface area is 189 Å². The maximum Gasteiger partial charge on any atom is 0.0694 e. The van der Waals surface area contributed by atoms with Gasteiger partial charge in [0, 0.05) is 0 Å². The minimum Gasteiger partial charge on any atom is -0.0836 e. The van der Waals surface area contributed by atoms with Gasteiger partial charge in [0.05, 0.1) is 5.41 Å². The predicted octanol–water partition coefficient (Wildman–Crippen LogP) is 8.09. The molecular weight excluding hydrogens is 384 g/mol. The molecule has 0 fully saturated rings. The van der Waals surface area contributed by atoms with E-state index in [-0.39, 0.29) is 5.41 Å². The Kier molecular flexibility index (Phi) is 3.62. The predicted molar refractivity (Wildman–Crippen MR) is 134 cm³/mol. The second kappa shape index (κ2) is 6.43. The Morgan fingerprint density at radius 1 is 0.625 bits per heavy atom. The molecule has 32 heavy (non-hydrogen) atoms. The highest BCUT2D eigenvalue weighted by atomic mass is 14.5. The van der Waals surface area contributed by atoms with Crippen LogP contribution in [0.15, 0.2) is 109 Å². The number of benzene rings is 4. The lowest BCUT2D eigenvalue weighted by molar-refractivity contribution is 0.715. The molecule has 0 unspecified atom stereocenters. The van der Waals surface area contributed by atoms with Crippen LogP contribution >= 0.6 is 0 Å². The normalized spacial score (nSPS) is 16.7. The van der Waals surface area contributed by atoms with Crippen LogP contribution in [-0.4, -0.2) is 0 Å². The van der Waals surface area contributed by atoms with Gasteiger partial charge in [-0.05, 0) is 75.4 Å². The van der Waals surface area contributed by atoms with Gasteiger partial charge in [0.15, 0.2) is 0 Å². The topological polar surface area (TPSA) is 0 Å². The zero-order valence-corrected chi connectivity index (χ0v) is 18.2. The summed E-state index contributed by atoms with van der Waals surface area (Å²) in [7, 11) is 0. The van der Waals surface area contributed by atoms with E-state index >= 15 is 0 Å². The van der Waals surface area contributed by atoms with Gasteiger partial charge in [-0.2, -0.15) is 0 Å². The van der Waals surface area contributed by atoms with Crippen LogP contribution in [0.4, 0.5) is 0 Å². The first kappa shape index (κ1) is 18.0. The zero-order chi connectivity index (χ0) is 21.3. The molecular formula is C32H24. The van der Waals surface area contributed by atoms with Crippen molar-refractivity contribution in [3.05, 3.63) is 137 Å². The summed E-state index contributed by atoms with van der Waals surface area (Å²) in [4.78, 5) is 0. The summed E-state index contributed by atoms with van der Waals surface area (Å²) in [5.41, 5.74) is 15.3. The molecule has 0 aliphatic heterocycles. The summed E-state index contributed by atoms with van der Waals surface area (Å²) in [6.07, 6.45) is 6.96. The van der Waals surface area contributed by atoms with Crippen molar-refractivity contribution in [1.82, 2.24) is 0 Å². The molecule has 0 radical (unpaired) electrons. The van der Waals surface area contributed by atoms with Crippen molar-refractivity contribution in [3.63, 3.8) is 0 Å². The van der Waals surface area contributed by atoms with Gasteiger partial charge in [-0.25, -0.2) is 0 Å². The van der Waals surface area contributed by atoms with Crippen molar-refractivity contribution in [2.75, 3.05) is 0 Å². The fraction of sp³-hybridized carbons (Fsp3) is 0.125. The molecule has 0 aromatic heterocycles. The highest BCUT2D eigenvalue weighted by Gasteiger charge is 2.53. The van der Waals surface area contributed by atoms with Crippen molar-refractivity contribution in [2.45, 2.75) is 25.2 Å². The van der Waals surface area contributed by atoms with Gasteiger partial charge in [-0.1, -0.05) is 109 Å². The largest absolute Gasteiger partial charge is 0.0836 e. The summed E-state index contributed by atoms with van der Waals surface area (Å²) in [5, 5.41) is 0. The Balaban J connectivity index is 1.67. The van der Waals surface area contributed by atoms with Gasteiger partial charge in [0.25, 0.3) is 0 Å². The first-order valence-electron chi connectivity index (χ1n) is 11.6. The first-order valence-corrected chi connectivity index (χ1v) is 11.6. The van der Waals surface area contributed by atoms with Crippen LogP contribution in [0.5, 0.6) is 0 Å². The van der Waals surface area contributed by atoms with Gasteiger partial charge >= 0.3 is 0 Å². The van der Waals surface area contributed by atoms with E-state index in [1.807, 2.05) is 0 Å². The van der Waals surface area contributed by atoms with Crippen LogP contribution < -0.4 is 0 Å². The summed E-state index contributed by atoms with van der Waals surface area (Å²) in [6.45, 7) is 2.16. The maximum absolute atomic E-state index is 2.38. The van der Waals surface area contributed by atoms with E-state index in [2.05, 4.69) is 110 Å². The molecule has 7 rings (SSSR count).